The first-order valence-corrected chi connectivity index (χ1v) is 9.92. The van der Waals surface area contributed by atoms with Gasteiger partial charge in [-0.1, -0.05) is 26.0 Å². The maximum atomic E-state index is 5.53. The first kappa shape index (κ1) is 19.6. The fourth-order valence-electron chi connectivity index (χ4n) is 3.75. The van der Waals surface area contributed by atoms with Crippen LogP contribution in [0.4, 0.5) is 5.69 Å². The number of nitrogens with zero attached hydrogens (tertiary/aromatic N) is 6. The van der Waals surface area contributed by atoms with Gasteiger partial charge in [0.2, 0.25) is 0 Å². The second-order valence-corrected chi connectivity index (χ2v) is 7.73. The van der Waals surface area contributed by atoms with Crippen LogP contribution in [0.15, 0.2) is 24.3 Å². The Bertz CT molecular complexity index is 736. The molecule has 0 aliphatic carbocycles. The lowest BCUT2D eigenvalue weighted by Gasteiger charge is -2.40. The lowest BCUT2D eigenvalue weighted by molar-refractivity contribution is 0.158. The summed E-state index contributed by atoms with van der Waals surface area (Å²) in [4.78, 5) is 4.92. The number of methoxy groups -OCH3 is 1. The van der Waals surface area contributed by atoms with E-state index in [1.54, 1.807) is 7.11 Å². The van der Waals surface area contributed by atoms with Crippen LogP contribution in [0.3, 0.4) is 0 Å². The molecule has 0 saturated carbocycles. The topological polar surface area (TPSA) is 59.3 Å². The smallest absolute Gasteiger partial charge is 0.168 e. The van der Waals surface area contributed by atoms with E-state index in [2.05, 4.69) is 65.2 Å². The molecule has 0 radical (unpaired) electrons. The molecule has 1 aliphatic heterocycles. The van der Waals surface area contributed by atoms with Crippen molar-refractivity contribution in [1.29, 1.82) is 0 Å². The minimum absolute atomic E-state index is 0.0779. The lowest BCUT2D eigenvalue weighted by atomic mass is 10.0. The molecule has 148 valence electrons. The zero-order valence-electron chi connectivity index (χ0n) is 17.2. The quantitative estimate of drug-likeness (QED) is 0.744. The molecule has 0 spiro atoms. The molecule has 1 aromatic carbocycles. The van der Waals surface area contributed by atoms with Gasteiger partial charge in [0.25, 0.3) is 0 Å². The van der Waals surface area contributed by atoms with E-state index in [0.29, 0.717) is 0 Å². The van der Waals surface area contributed by atoms with E-state index < -0.39 is 0 Å². The molecule has 2 aromatic rings. The summed E-state index contributed by atoms with van der Waals surface area (Å²) < 4.78 is 7.55. The van der Waals surface area contributed by atoms with Gasteiger partial charge >= 0.3 is 0 Å². The number of para-hydroxylation sites is 2. The third-order valence-corrected chi connectivity index (χ3v) is 5.80. The van der Waals surface area contributed by atoms with E-state index in [4.69, 9.17) is 4.74 Å². The summed E-state index contributed by atoms with van der Waals surface area (Å²) in [7, 11) is 1.73. The molecule has 0 amide bonds. The van der Waals surface area contributed by atoms with Crippen LogP contribution in [0.1, 0.15) is 52.4 Å². The largest absolute Gasteiger partial charge is 0.495 e. The summed E-state index contributed by atoms with van der Waals surface area (Å²) in [6, 6.07) is 8.49. The van der Waals surface area contributed by atoms with Crippen LogP contribution >= 0.6 is 0 Å². The number of tetrazole rings is 1. The lowest BCUT2D eigenvalue weighted by Crippen LogP contribution is -2.48. The highest BCUT2D eigenvalue weighted by atomic mass is 16.5. The second kappa shape index (κ2) is 8.25. The van der Waals surface area contributed by atoms with Gasteiger partial charge < -0.3 is 9.64 Å². The van der Waals surface area contributed by atoms with Crippen molar-refractivity contribution in [3.8, 4) is 5.75 Å². The number of anilines is 1. The molecule has 1 atom stereocenters. The Morgan fingerprint density at radius 1 is 1.11 bits per heavy atom. The molecule has 3 rings (SSSR count). The normalized spacial score (nSPS) is 17.1. The molecule has 1 aliphatic rings. The summed E-state index contributed by atoms with van der Waals surface area (Å²) in [5.41, 5.74) is 1.09. The first-order valence-electron chi connectivity index (χ1n) is 9.92. The van der Waals surface area contributed by atoms with E-state index >= 15 is 0 Å². The van der Waals surface area contributed by atoms with Crippen molar-refractivity contribution in [2.75, 3.05) is 38.2 Å². The van der Waals surface area contributed by atoms with E-state index in [0.717, 1.165) is 50.6 Å². The summed E-state index contributed by atoms with van der Waals surface area (Å²) in [5.74, 6) is 1.92. The van der Waals surface area contributed by atoms with Gasteiger partial charge in [-0.05, 0) is 49.2 Å². The third-order valence-electron chi connectivity index (χ3n) is 5.80. The van der Waals surface area contributed by atoms with Gasteiger partial charge in [0, 0.05) is 26.2 Å². The fraction of sp³-hybridized carbons (Fsp3) is 0.650. The molecule has 7 nitrogen and oxygen atoms in total. The standard InChI is InChI=1S/C20H32N6O/c1-6-16(19-21-22-23-26(19)20(3,4)7-2)24-12-14-25(15-13-24)17-10-8-9-11-18(17)27-5/h8-11,16H,6-7,12-15H2,1-5H3/t16-/m1/s1. The van der Waals surface area contributed by atoms with Crippen LogP contribution in [0.2, 0.25) is 0 Å². The molecule has 0 bridgehead atoms. The van der Waals surface area contributed by atoms with Crippen molar-refractivity contribution in [3.63, 3.8) is 0 Å². The third kappa shape index (κ3) is 3.93. The fourth-order valence-corrected chi connectivity index (χ4v) is 3.75. The number of ether oxygens (including phenoxy) is 1. The zero-order valence-corrected chi connectivity index (χ0v) is 17.2. The Balaban J connectivity index is 1.74. The number of rotatable bonds is 7. The Morgan fingerprint density at radius 3 is 2.44 bits per heavy atom. The Labute approximate surface area is 162 Å². The van der Waals surface area contributed by atoms with Crippen molar-refractivity contribution in [2.45, 2.75) is 52.1 Å². The van der Waals surface area contributed by atoms with Gasteiger partial charge in [-0.3, -0.25) is 4.90 Å². The molecule has 1 saturated heterocycles. The maximum absolute atomic E-state index is 5.53. The van der Waals surface area contributed by atoms with Gasteiger partial charge in [-0.2, -0.15) is 0 Å². The Morgan fingerprint density at radius 2 is 1.81 bits per heavy atom. The van der Waals surface area contributed by atoms with Gasteiger partial charge in [-0.15, -0.1) is 5.10 Å². The minimum atomic E-state index is -0.0779. The number of hydrogen-bond acceptors (Lipinski definition) is 6. The second-order valence-electron chi connectivity index (χ2n) is 7.73. The summed E-state index contributed by atoms with van der Waals surface area (Å²) in [6.07, 6.45) is 1.98. The maximum Gasteiger partial charge on any atom is 0.168 e. The number of piperazine rings is 1. The van der Waals surface area contributed by atoms with Gasteiger partial charge in [0.1, 0.15) is 5.75 Å². The summed E-state index contributed by atoms with van der Waals surface area (Å²) in [6.45, 7) is 12.7. The highest BCUT2D eigenvalue weighted by molar-refractivity contribution is 5.58. The van der Waals surface area contributed by atoms with Crippen molar-refractivity contribution >= 4 is 5.69 Å². The van der Waals surface area contributed by atoms with E-state index in [1.165, 1.54) is 5.69 Å². The van der Waals surface area contributed by atoms with Gasteiger partial charge in [-0.25, -0.2) is 4.68 Å². The SMILES string of the molecule is CC[C@H](c1nnnn1C(C)(C)CC)N1CCN(c2ccccc2OC)CC1. The summed E-state index contributed by atoms with van der Waals surface area (Å²) in [5, 5.41) is 12.7. The van der Waals surface area contributed by atoms with Crippen LogP contribution in [0.25, 0.3) is 0 Å². The number of benzene rings is 1. The molecule has 7 heteroatoms. The molecule has 0 N–H and O–H groups in total. The molecule has 1 fully saturated rings. The Hall–Kier alpha value is -2.15. The highest BCUT2D eigenvalue weighted by Gasteiger charge is 2.32. The van der Waals surface area contributed by atoms with E-state index in [-0.39, 0.29) is 11.6 Å². The van der Waals surface area contributed by atoms with Crippen LogP contribution in [-0.4, -0.2) is 58.4 Å². The van der Waals surface area contributed by atoms with E-state index in [1.807, 2.05) is 16.8 Å². The van der Waals surface area contributed by atoms with Crippen molar-refractivity contribution < 1.29 is 4.74 Å². The number of aromatic nitrogens is 4. The van der Waals surface area contributed by atoms with E-state index in [9.17, 15) is 0 Å². The summed E-state index contributed by atoms with van der Waals surface area (Å²) >= 11 is 0. The monoisotopic (exact) mass is 372 g/mol. The number of hydrogen-bond donors (Lipinski definition) is 0. The molecular formula is C20H32N6O. The molecule has 2 heterocycles. The average molecular weight is 373 g/mol. The molecule has 1 aromatic heterocycles. The van der Waals surface area contributed by atoms with Gasteiger partial charge in [0.05, 0.1) is 24.4 Å². The predicted octanol–water partition coefficient (Wildman–Crippen LogP) is 3.10. The predicted molar refractivity (Wildman–Crippen MR) is 107 cm³/mol. The average Bonchev–Trinajstić information content (AvgIpc) is 3.19. The molecule has 27 heavy (non-hydrogen) atoms. The van der Waals surface area contributed by atoms with Crippen LogP contribution in [0.5, 0.6) is 5.75 Å². The van der Waals surface area contributed by atoms with Crippen molar-refractivity contribution in [3.05, 3.63) is 30.1 Å². The molecular weight excluding hydrogens is 340 g/mol. The van der Waals surface area contributed by atoms with Crippen LogP contribution < -0.4 is 9.64 Å². The van der Waals surface area contributed by atoms with Crippen LogP contribution in [0, 0.1) is 0 Å². The Kier molecular flexibility index (Phi) is 5.99. The molecule has 0 unspecified atom stereocenters. The first-order chi connectivity index (χ1) is 13.0. The van der Waals surface area contributed by atoms with Crippen molar-refractivity contribution in [1.82, 2.24) is 25.1 Å². The highest BCUT2D eigenvalue weighted by Crippen LogP contribution is 2.31. The minimum Gasteiger partial charge on any atom is -0.495 e. The van der Waals surface area contributed by atoms with Gasteiger partial charge in [0.15, 0.2) is 5.82 Å². The van der Waals surface area contributed by atoms with Crippen LogP contribution in [-0.2, 0) is 5.54 Å². The van der Waals surface area contributed by atoms with Crippen molar-refractivity contribution in [2.24, 2.45) is 0 Å². The zero-order chi connectivity index (χ0) is 19.4.